The molecule has 17 rings (SSSR count). The summed E-state index contributed by atoms with van der Waals surface area (Å²) in [6.07, 6.45) is 12.5. The monoisotopic (exact) mass is 1690 g/mol. The molecule has 12 heterocycles. The van der Waals surface area contributed by atoms with Crippen molar-refractivity contribution in [2.45, 2.75) is 158 Å². The predicted octanol–water partition coefficient (Wildman–Crippen LogP) is 17.3. The number of nitrogens with zero attached hydrogens (tertiary/aromatic N) is 16. The summed E-state index contributed by atoms with van der Waals surface area (Å²) in [6, 6.07) is 43.0. The van der Waals surface area contributed by atoms with Gasteiger partial charge in [-0.3, -0.25) is 37.9 Å². The predicted molar refractivity (Wildman–Crippen MR) is 461 cm³/mol. The summed E-state index contributed by atoms with van der Waals surface area (Å²) in [7, 11) is 1.68. The van der Waals surface area contributed by atoms with E-state index >= 15 is 0 Å². The molecule has 4 aliphatic rings. The lowest BCUT2D eigenvalue weighted by Gasteiger charge is -2.30. The molecule has 0 bridgehead atoms. The molecular weight excluding hydrogens is 1600 g/mol. The summed E-state index contributed by atoms with van der Waals surface area (Å²) in [5.74, 6) is 4.60. The number of amides is 4. The van der Waals surface area contributed by atoms with Crippen LogP contribution in [0.3, 0.4) is 0 Å². The van der Waals surface area contributed by atoms with E-state index in [9.17, 15) is 28.0 Å². The minimum atomic E-state index is -0.248. The molecule has 0 N–H and O–H groups in total. The molecule has 628 valence electrons. The third-order valence-corrected chi connectivity index (χ3v) is 23.4. The second kappa shape index (κ2) is 39.2. The van der Waals surface area contributed by atoms with Crippen LogP contribution in [0, 0.1) is 53.2 Å². The number of halogens is 4. The van der Waals surface area contributed by atoms with Crippen molar-refractivity contribution in [1.82, 2.24) is 78.7 Å². The highest BCUT2D eigenvalue weighted by atomic mass is 35.5. The summed E-state index contributed by atoms with van der Waals surface area (Å²) >= 11 is 13.9. The Morgan fingerprint density at radius 3 is 1.58 bits per heavy atom. The van der Waals surface area contributed by atoms with Crippen LogP contribution in [-0.4, -0.2) is 155 Å². The number of likely N-dealkylation sites (tertiary alicyclic amines) is 1. The standard InChI is InChI=1S/C26H25FN4O2.C22H25ClN4O2.C22H23ClN4O2.C22H25FN4O2S/c1-17-14-20(8-9-21(17)27)23-15-24(19-6-4-3-5-7-19)31(29-23)16-26(32)30-12-10-22-25(11-13-30)33-18(2)28-22;2*1-3-19-12-20(17-5-4-6-18(23)11-17)25-27(19)14-21(28)26-9-7-16(8-10-26)22-24-13-15(2)29-22;1-14-9-16(6-7-18(14)23)19-10-17(5-4-8-29-3)27(25-19)13-22(28)26-11-20-21(12-26)30-15(2)24-20/h3-9,14-15H,10-13,16H2,1-2H3;4-6,11-13,16H,3,7-10,14H2,1-2H3;4-7,11-13H,3,8-10,14H2,1-2H3;6-7,9-10H,4-5,8,11-13H2,1-3H3. The van der Waals surface area contributed by atoms with Crippen LogP contribution in [0.15, 0.2) is 171 Å². The Kier molecular flexibility index (Phi) is 27.7. The molecule has 0 radical (unpaired) electrons. The molecule has 1 fully saturated rings. The minimum Gasteiger partial charge on any atom is -0.446 e. The summed E-state index contributed by atoms with van der Waals surface area (Å²) < 4.78 is 56.7. The lowest BCUT2D eigenvalue weighted by atomic mass is 9.97. The van der Waals surface area contributed by atoms with Crippen molar-refractivity contribution in [1.29, 1.82) is 0 Å². The fourth-order valence-electron chi connectivity index (χ4n) is 15.3. The number of piperidine rings is 1. The number of carbonyl (C=O) groups excluding carboxylic acids is 4. The molecule has 29 heteroatoms. The van der Waals surface area contributed by atoms with E-state index in [-0.39, 0.29) is 67.4 Å². The van der Waals surface area contributed by atoms with E-state index in [0.29, 0.717) is 97.4 Å². The summed E-state index contributed by atoms with van der Waals surface area (Å²) in [4.78, 5) is 78.2. The van der Waals surface area contributed by atoms with Crippen molar-refractivity contribution in [3.63, 3.8) is 0 Å². The Bertz CT molecular complexity index is 5820. The highest BCUT2D eigenvalue weighted by Gasteiger charge is 2.31. The number of rotatable bonds is 21. The Hall–Kier alpha value is -11.8. The molecule has 5 aromatic carbocycles. The highest BCUT2D eigenvalue weighted by Crippen LogP contribution is 2.34. The number of carbonyl (C=O) groups is 4. The maximum Gasteiger partial charge on any atom is 0.244 e. The number of hydrogen-bond acceptors (Lipinski definition) is 17. The number of fused-ring (bicyclic) bond motifs is 2. The number of ether oxygens (including phenoxy) is 1. The van der Waals surface area contributed by atoms with Gasteiger partial charge in [0.05, 0.1) is 70.3 Å². The van der Waals surface area contributed by atoms with Gasteiger partial charge in [0, 0.05) is 138 Å². The first kappa shape index (κ1) is 85.6. The van der Waals surface area contributed by atoms with Crippen molar-refractivity contribution >= 4 is 63.7 Å². The molecule has 0 atom stereocenters. The number of hydrogen-bond donors (Lipinski definition) is 0. The normalized spacial score (nSPS) is 14.0. The SMILES string of the molecule is CCc1cc(-c2cccc(Cl)c2)nn1CC(=O)N1CC=C(c2ncc(C)o2)CC1.CCc1cc(-c2cccc(Cl)c2)nn1CC(=O)N1CCC(c2ncc(C)o2)CC1.COCCCc1cc(-c2ccc(F)c(C)c2)nn1CC(=O)N1Cc2nc(C)sc2C1.Cc1nc2c(o1)CCN(C(=O)Cn1nc(-c3ccc(F)c(C)c3)cc1-c1ccccc1)CC2. The van der Waals surface area contributed by atoms with Crippen molar-refractivity contribution in [3.05, 3.63) is 264 Å². The van der Waals surface area contributed by atoms with Gasteiger partial charge in [-0.15, -0.1) is 11.3 Å². The first-order valence-electron chi connectivity index (χ1n) is 40.9. The van der Waals surface area contributed by atoms with Crippen LogP contribution in [-0.2, 0) is 95.3 Å². The van der Waals surface area contributed by atoms with Crippen molar-refractivity contribution < 1.29 is 45.9 Å². The Morgan fingerprint density at radius 2 is 1.03 bits per heavy atom. The lowest BCUT2D eigenvalue weighted by molar-refractivity contribution is -0.133. The van der Waals surface area contributed by atoms with Crippen LogP contribution < -0.4 is 0 Å². The fourth-order valence-corrected chi connectivity index (χ4v) is 16.7. The average Bonchev–Trinajstić information content (AvgIpc) is 1.66. The number of aryl methyl sites for hydroxylation is 9. The fraction of sp³-hybridized carbons (Fsp3) is 0.348. The van der Waals surface area contributed by atoms with Gasteiger partial charge < -0.3 is 37.6 Å². The zero-order chi connectivity index (χ0) is 85.0. The van der Waals surface area contributed by atoms with Crippen molar-refractivity contribution in [3.8, 4) is 56.3 Å². The molecule has 0 unspecified atom stereocenters. The molecule has 121 heavy (non-hydrogen) atoms. The van der Waals surface area contributed by atoms with Crippen molar-refractivity contribution in [2.75, 3.05) is 53.0 Å². The molecule has 24 nitrogen and oxygen atoms in total. The first-order chi connectivity index (χ1) is 58.5. The van der Waals surface area contributed by atoms with E-state index < -0.39 is 0 Å². The number of methoxy groups -OCH3 is 1. The summed E-state index contributed by atoms with van der Waals surface area (Å²) in [5, 5.41) is 21.2. The van der Waals surface area contributed by atoms with E-state index in [1.54, 1.807) is 83.0 Å². The molecule has 4 aliphatic heterocycles. The molecule has 0 saturated carbocycles. The highest BCUT2D eigenvalue weighted by molar-refractivity contribution is 7.11. The first-order valence-corrected chi connectivity index (χ1v) is 42.5. The van der Waals surface area contributed by atoms with E-state index in [0.717, 1.165) is 171 Å². The quantitative estimate of drug-likeness (QED) is 0.0606. The topological polar surface area (TPSA) is 253 Å². The van der Waals surface area contributed by atoms with Crippen LogP contribution in [0.5, 0.6) is 0 Å². The second-order valence-corrected chi connectivity index (χ2v) is 32.8. The number of benzene rings is 5. The van der Waals surface area contributed by atoms with E-state index in [1.165, 1.54) is 17.0 Å². The van der Waals surface area contributed by atoms with Gasteiger partial charge in [-0.25, -0.2) is 28.7 Å². The van der Waals surface area contributed by atoms with Crippen LogP contribution in [0.25, 0.3) is 61.9 Å². The van der Waals surface area contributed by atoms with Gasteiger partial charge in [-0.2, -0.15) is 20.4 Å². The van der Waals surface area contributed by atoms with E-state index in [4.69, 9.17) is 46.3 Å². The molecule has 0 aliphatic carbocycles. The molecule has 0 spiro atoms. The Morgan fingerprint density at radius 1 is 0.512 bits per heavy atom. The zero-order valence-electron chi connectivity index (χ0n) is 69.5. The third kappa shape index (κ3) is 21.3. The molecule has 1 saturated heterocycles. The Labute approximate surface area is 715 Å². The number of thiazole rings is 1. The molecule has 8 aromatic heterocycles. The number of aromatic nitrogens is 12. The zero-order valence-corrected chi connectivity index (χ0v) is 71.8. The average molecular weight is 1700 g/mol. The lowest BCUT2D eigenvalue weighted by Crippen LogP contribution is -2.40. The van der Waals surface area contributed by atoms with Gasteiger partial charge in [-0.1, -0.05) is 97.7 Å². The van der Waals surface area contributed by atoms with Gasteiger partial charge in [-0.05, 0) is 181 Å². The van der Waals surface area contributed by atoms with Gasteiger partial charge in [0.25, 0.3) is 0 Å². The van der Waals surface area contributed by atoms with Gasteiger partial charge in [0.1, 0.15) is 55.1 Å². The third-order valence-electron chi connectivity index (χ3n) is 21.9. The van der Waals surface area contributed by atoms with Crippen molar-refractivity contribution in [2.24, 2.45) is 0 Å². The Balaban J connectivity index is 0.000000132. The van der Waals surface area contributed by atoms with E-state index in [2.05, 4.69) is 49.1 Å². The maximum atomic E-state index is 13.8. The van der Waals surface area contributed by atoms with Gasteiger partial charge >= 0.3 is 0 Å². The van der Waals surface area contributed by atoms with E-state index in [1.807, 2.05) is 161 Å². The van der Waals surface area contributed by atoms with Gasteiger partial charge in [0.15, 0.2) is 11.8 Å². The van der Waals surface area contributed by atoms with Crippen LogP contribution in [0.2, 0.25) is 10.0 Å². The van der Waals surface area contributed by atoms with Gasteiger partial charge in [0.2, 0.25) is 29.5 Å². The van der Waals surface area contributed by atoms with Crippen LogP contribution in [0.1, 0.15) is 130 Å². The maximum absolute atomic E-state index is 13.8. The van der Waals surface area contributed by atoms with Crippen LogP contribution in [0.4, 0.5) is 8.78 Å². The molecular formula is C92H98Cl2F2N16O8S. The second-order valence-electron chi connectivity index (χ2n) is 30.6. The number of oxazole rings is 3. The van der Waals surface area contributed by atoms with Crippen LogP contribution >= 0.6 is 34.5 Å². The largest absolute Gasteiger partial charge is 0.446 e. The summed E-state index contributed by atoms with van der Waals surface area (Å²) in [5.41, 5.74) is 15.7. The molecule has 4 amide bonds. The smallest absolute Gasteiger partial charge is 0.244 e. The summed E-state index contributed by atoms with van der Waals surface area (Å²) in [6.45, 7) is 21.7. The minimum absolute atomic E-state index is 0.000933. The molecule has 13 aromatic rings.